The highest BCUT2D eigenvalue weighted by molar-refractivity contribution is 8.14. The first-order valence-electron chi connectivity index (χ1n) is 8.84. The van der Waals surface area contributed by atoms with Gasteiger partial charge in [0.15, 0.2) is 5.17 Å². The van der Waals surface area contributed by atoms with E-state index in [0.717, 1.165) is 11.1 Å². The number of nitrogens with one attached hydrogen (secondary N) is 1. The molecular weight excluding hydrogens is 446 g/mol. The number of nitrogens with zero attached hydrogens (tertiary/aromatic N) is 2. The number of nitrogens with two attached hydrogens (primary N) is 1. The average Bonchev–Trinajstić information content (AvgIpc) is 3.11. The zero-order valence-electron chi connectivity index (χ0n) is 15.4. The molecule has 1 aliphatic rings. The van der Waals surface area contributed by atoms with Gasteiger partial charge in [-0.2, -0.15) is 0 Å². The summed E-state index contributed by atoms with van der Waals surface area (Å²) in [6, 6.07) is 14.9. The molecule has 5 nitrogen and oxygen atoms in total. The number of carbonyl (C=O) groups is 1. The molecule has 2 heterocycles. The molecule has 0 radical (unpaired) electrons. The molecule has 0 saturated carbocycles. The molecule has 3 aromatic rings. The summed E-state index contributed by atoms with van der Waals surface area (Å²) >= 11 is 13.4. The second kappa shape index (κ2) is 8.26. The van der Waals surface area contributed by atoms with Gasteiger partial charge in [0.2, 0.25) is 0 Å². The Morgan fingerprint density at radius 2 is 1.90 bits per heavy atom. The van der Waals surface area contributed by atoms with Crippen LogP contribution < -0.4 is 11.1 Å². The quantitative estimate of drug-likeness (QED) is 0.568. The van der Waals surface area contributed by atoms with Crippen LogP contribution in [0.1, 0.15) is 21.6 Å². The minimum absolute atomic E-state index is 0.0680. The number of aromatic nitrogens is 1. The minimum atomic E-state index is -0.778. The van der Waals surface area contributed by atoms with Crippen LogP contribution in [0.15, 0.2) is 65.8 Å². The van der Waals surface area contributed by atoms with Crippen LogP contribution >= 0.6 is 35.0 Å². The van der Waals surface area contributed by atoms with Gasteiger partial charge in [0, 0.05) is 17.6 Å². The van der Waals surface area contributed by atoms with E-state index in [9.17, 15) is 9.18 Å². The van der Waals surface area contributed by atoms with Crippen molar-refractivity contribution in [2.45, 2.75) is 5.54 Å². The van der Waals surface area contributed by atoms with Gasteiger partial charge < -0.3 is 11.1 Å². The molecule has 1 unspecified atom stereocenters. The van der Waals surface area contributed by atoms with Crippen molar-refractivity contribution in [2.24, 2.45) is 10.7 Å². The molecule has 1 amide bonds. The predicted molar refractivity (Wildman–Crippen MR) is 120 cm³/mol. The van der Waals surface area contributed by atoms with E-state index in [2.05, 4.69) is 15.3 Å². The van der Waals surface area contributed by atoms with Crippen LogP contribution in [0.5, 0.6) is 0 Å². The van der Waals surface area contributed by atoms with Gasteiger partial charge >= 0.3 is 0 Å². The standard InChI is InChI=1S/C21H15Cl2FN4OS/c22-14-9-17(23)18(26-10-14)19(29)27-16-3-1-2-13(8-16)21(11-30-20(25)28-21)12-4-6-15(24)7-5-12/h1-10H,11H2,(H2,25,28)(H,27,29). The van der Waals surface area contributed by atoms with E-state index < -0.39 is 11.4 Å². The maximum atomic E-state index is 13.5. The highest BCUT2D eigenvalue weighted by atomic mass is 35.5. The van der Waals surface area contributed by atoms with Crippen LogP contribution in [0, 0.1) is 5.82 Å². The Morgan fingerprint density at radius 3 is 2.57 bits per heavy atom. The lowest BCUT2D eigenvalue weighted by Gasteiger charge is -2.27. The number of amidine groups is 1. The van der Waals surface area contributed by atoms with E-state index in [4.69, 9.17) is 28.9 Å². The van der Waals surface area contributed by atoms with Crippen molar-refractivity contribution in [1.82, 2.24) is 4.98 Å². The second-order valence-corrected chi connectivity index (χ2v) is 8.46. The first kappa shape index (κ1) is 20.7. The maximum Gasteiger partial charge on any atom is 0.275 e. The van der Waals surface area contributed by atoms with Gasteiger partial charge in [0.05, 0.1) is 10.0 Å². The number of hydrogen-bond acceptors (Lipinski definition) is 5. The third kappa shape index (κ3) is 4.01. The number of anilines is 1. The molecule has 0 spiro atoms. The first-order valence-corrected chi connectivity index (χ1v) is 10.6. The Kier molecular flexibility index (Phi) is 5.69. The molecule has 152 valence electrons. The fourth-order valence-corrected chi connectivity index (χ4v) is 4.69. The summed E-state index contributed by atoms with van der Waals surface area (Å²) in [5, 5.41) is 3.74. The Morgan fingerprint density at radius 1 is 1.13 bits per heavy atom. The van der Waals surface area contributed by atoms with E-state index in [1.54, 1.807) is 18.2 Å². The van der Waals surface area contributed by atoms with Gasteiger partial charge in [-0.25, -0.2) is 14.4 Å². The normalized spacial score (nSPS) is 18.2. The third-order valence-electron chi connectivity index (χ3n) is 4.67. The van der Waals surface area contributed by atoms with Crippen LogP contribution in [-0.2, 0) is 5.54 Å². The van der Waals surface area contributed by atoms with Crippen molar-refractivity contribution < 1.29 is 9.18 Å². The number of rotatable bonds is 4. The van der Waals surface area contributed by atoms with E-state index in [-0.39, 0.29) is 16.5 Å². The molecule has 1 aliphatic heterocycles. The molecule has 0 saturated heterocycles. The van der Waals surface area contributed by atoms with Crippen LogP contribution in [0.25, 0.3) is 0 Å². The van der Waals surface area contributed by atoms with Gasteiger partial charge in [-0.05, 0) is 41.5 Å². The molecular formula is C21H15Cl2FN4OS. The number of thioether (sulfide) groups is 1. The molecule has 0 aliphatic carbocycles. The molecule has 3 N–H and O–H groups in total. The van der Waals surface area contributed by atoms with Gasteiger partial charge in [-0.15, -0.1) is 0 Å². The van der Waals surface area contributed by atoms with Crippen molar-refractivity contribution in [2.75, 3.05) is 11.1 Å². The summed E-state index contributed by atoms with van der Waals surface area (Å²) in [6.45, 7) is 0. The summed E-state index contributed by atoms with van der Waals surface area (Å²) < 4.78 is 13.5. The smallest absolute Gasteiger partial charge is 0.275 e. The summed E-state index contributed by atoms with van der Waals surface area (Å²) in [7, 11) is 0. The Labute approximate surface area is 186 Å². The number of pyridine rings is 1. The zero-order valence-corrected chi connectivity index (χ0v) is 17.7. The van der Waals surface area contributed by atoms with Crippen molar-refractivity contribution in [1.29, 1.82) is 0 Å². The van der Waals surface area contributed by atoms with Gasteiger partial charge in [0.25, 0.3) is 5.91 Å². The van der Waals surface area contributed by atoms with Crippen molar-refractivity contribution in [3.63, 3.8) is 0 Å². The Hall–Kier alpha value is -2.61. The Bertz CT molecular complexity index is 1160. The van der Waals surface area contributed by atoms with E-state index in [1.807, 2.05) is 18.2 Å². The topological polar surface area (TPSA) is 80.4 Å². The van der Waals surface area contributed by atoms with Gasteiger partial charge in [0.1, 0.15) is 17.1 Å². The van der Waals surface area contributed by atoms with E-state index in [0.29, 0.717) is 21.6 Å². The molecule has 1 aromatic heterocycles. The molecule has 9 heteroatoms. The molecule has 30 heavy (non-hydrogen) atoms. The van der Waals surface area contributed by atoms with Crippen LogP contribution in [0.4, 0.5) is 10.1 Å². The number of carbonyl (C=O) groups excluding carboxylic acids is 1. The fraction of sp³-hybridized carbons (Fsp3) is 0.0952. The minimum Gasteiger partial charge on any atom is -0.379 e. The van der Waals surface area contributed by atoms with Gasteiger partial charge in [-0.1, -0.05) is 59.2 Å². The summed E-state index contributed by atoms with van der Waals surface area (Å²) in [5.74, 6) is -0.231. The number of aliphatic imine (C=N–C) groups is 1. The number of halogens is 3. The lowest BCUT2D eigenvalue weighted by atomic mass is 9.85. The highest BCUT2D eigenvalue weighted by Gasteiger charge is 2.39. The van der Waals surface area contributed by atoms with Crippen LogP contribution in [0.3, 0.4) is 0 Å². The maximum absolute atomic E-state index is 13.5. The van der Waals surface area contributed by atoms with E-state index >= 15 is 0 Å². The summed E-state index contributed by atoms with van der Waals surface area (Å²) in [6.07, 6.45) is 1.36. The lowest BCUT2D eigenvalue weighted by Crippen LogP contribution is -2.26. The van der Waals surface area contributed by atoms with Crippen LogP contribution in [0.2, 0.25) is 10.0 Å². The molecule has 0 bridgehead atoms. The number of hydrogen-bond donors (Lipinski definition) is 2. The lowest BCUT2D eigenvalue weighted by molar-refractivity contribution is 0.102. The number of benzene rings is 2. The van der Waals surface area contributed by atoms with Crippen molar-refractivity contribution in [3.8, 4) is 0 Å². The predicted octanol–water partition coefficient (Wildman–Crippen LogP) is 5.08. The zero-order chi connectivity index (χ0) is 21.3. The second-order valence-electron chi connectivity index (χ2n) is 6.62. The molecule has 2 aromatic carbocycles. The number of amides is 1. The largest absolute Gasteiger partial charge is 0.379 e. The highest BCUT2D eigenvalue weighted by Crippen LogP contribution is 2.42. The first-order chi connectivity index (χ1) is 14.4. The van der Waals surface area contributed by atoms with Crippen molar-refractivity contribution in [3.05, 3.63) is 93.5 Å². The summed E-state index contributed by atoms with van der Waals surface area (Å²) in [5.41, 5.74) is 7.43. The summed E-state index contributed by atoms with van der Waals surface area (Å²) in [4.78, 5) is 21.3. The molecule has 0 fully saturated rings. The Balaban J connectivity index is 1.69. The van der Waals surface area contributed by atoms with Crippen LogP contribution in [-0.4, -0.2) is 21.8 Å². The van der Waals surface area contributed by atoms with Crippen molar-refractivity contribution >= 4 is 51.7 Å². The average molecular weight is 461 g/mol. The monoisotopic (exact) mass is 460 g/mol. The third-order valence-corrected chi connectivity index (χ3v) is 6.12. The van der Waals surface area contributed by atoms with E-state index in [1.165, 1.54) is 36.2 Å². The fourth-order valence-electron chi connectivity index (χ4n) is 3.25. The SMILES string of the molecule is NC1=NC(c2ccc(F)cc2)(c2cccc(NC(=O)c3ncc(Cl)cc3Cl)c2)CS1. The van der Waals surface area contributed by atoms with Gasteiger partial charge in [-0.3, -0.25) is 4.79 Å². The molecule has 1 atom stereocenters. The molecule has 4 rings (SSSR count).